The van der Waals surface area contributed by atoms with Crippen LogP contribution in [0.2, 0.25) is 0 Å². The Morgan fingerprint density at radius 1 is 1.43 bits per heavy atom. The number of carbonyl (C=O) groups is 2. The van der Waals surface area contributed by atoms with E-state index in [1.165, 1.54) is 0 Å². The van der Waals surface area contributed by atoms with E-state index in [9.17, 15) is 9.59 Å². The zero-order valence-corrected chi connectivity index (χ0v) is 9.04. The first-order valence-electron chi connectivity index (χ1n) is 4.78. The van der Waals surface area contributed by atoms with Crippen molar-refractivity contribution in [1.29, 1.82) is 0 Å². The number of amides is 2. The van der Waals surface area contributed by atoms with Gasteiger partial charge in [0.05, 0.1) is 0 Å². The Morgan fingerprint density at radius 3 is 2.29 bits per heavy atom. The van der Waals surface area contributed by atoms with Crippen molar-refractivity contribution < 1.29 is 9.59 Å². The lowest BCUT2D eigenvalue weighted by Crippen LogP contribution is -2.46. The minimum atomic E-state index is -0.486. The van der Waals surface area contributed by atoms with E-state index in [0.717, 1.165) is 6.08 Å². The number of likely N-dealkylation sites (N-methyl/N-ethyl adjacent to an activating group) is 1. The first kappa shape index (κ1) is 12.7. The number of hydrogen-bond acceptors (Lipinski definition) is 2. The molecule has 1 atom stereocenters. The third kappa shape index (κ3) is 3.60. The molecule has 0 aromatic rings. The molecule has 2 amide bonds. The summed E-state index contributed by atoms with van der Waals surface area (Å²) >= 11 is 0. The van der Waals surface area contributed by atoms with Gasteiger partial charge in [0.2, 0.25) is 11.8 Å². The van der Waals surface area contributed by atoms with Gasteiger partial charge in [0.15, 0.2) is 0 Å². The van der Waals surface area contributed by atoms with Gasteiger partial charge in [-0.1, -0.05) is 6.58 Å². The Hall–Kier alpha value is -1.32. The summed E-state index contributed by atoms with van der Waals surface area (Å²) in [5, 5.41) is 2.53. The second-order valence-corrected chi connectivity index (χ2v) is 2.94. The van der Waals surface area contributed by atoms with Crippen molar-refractivity contribution in [2.45, 2.75) is 26.8 Å². The molecular weight excluding hydrogens is 180 g/mol. The van der Waals surface area contributed by atoms with E-state index in [0.29, 0.717) is 13.1 Å². The molecule has 0 aliphatic rings. The molecule has 0 saturated heterocycles. The van der Waals surface area contributed by atoms with Crippen molar-refractivity contribution in [3.05, 3.63) is 12.7 Å². The number of hydrogen-bond donors (Lipinski definition) is 1. The summed E-state index contributed by atoms with van der Waals surface area (Å²) in [7, 11) is 0. The number of carbonyl (C=O) groups excluding carboxylic acids is 2. The highest BCUT2D eigenvalue weighted by Crippen LogP contribution is 1.94. The lowest BCUT2D eigenvalue weighted by molar-refractivity contribution is -0.134. The van der Waals surface area contributed by atoms with E-state index in [-0.39, 0.29) is 11.8 Å². The van der Waals surface area contributed by atoms with E-state index in [1.54, 1.807) is 11.8 Å². The number of rotatable bonds is 5. The molecule has 14 heavy (non-hydrogen) atoms. The molecule has 1 N–H and O–H groups in total. The zero-order chi connectivity index (χ0) is 11.1. The first-order valence-corrected chi connectivity index (χ1v) is 4.78. The van der Waals surface area contributed by atoms with E-state index in [1.807, 2.05) is 13.8 Å². The molecule has 4 nitrogen and oxygen atoms in total. The van der Waals surface area contributed by atoms with Gasteiger partial charge in [-0.2, -0.15) is 0 Å². The van der Waals surface area contributed by atoms with Gasteiger partial charge < -0.3 is 10.2 Å². The molecule has 0 saturated carbocycles. The van der Waals surface area contributed by atoms with Crippen molar-refractivity contribution in [2.75, 3.05) is 13.1 Å². The van der Waals surface area contributed by atoms with E-state index >= 15 is 0 Å². The normalized spacial score (nSPS) is 11.6. The second kappa shape index (κ2) is 6.18. The van der Waals surface area contributed by atoms with Gasteiger partial charge in [0.1, 0.15) is 6.04 Å². The summed E-state index contributed by atoms with van der Waals surface area (Å²) in [6, 6.07) is -0.486. The molecule has 0 spiro atoms. The van der Waals surface area contributed by atoms with Crippen LogP contribution in [0, 0.1) is 0 Å². The van der Waals surface area contributed by atoms with Crippen LogP contribution < -0.4 is 5.32 Å². The zero-order valence-electron chi connectivity index (χ0n) is 9.04. The lowest BCUT2D eigenvalue weighted by Gasteiger charge is -2.22. The Kier molecular flexibility index (Phi) is 5.60. The average molecular weight is 198 g/mol. The predicted molar refractivity (Wildman–Crippen MR) is 55.7 cm³/mol. The molecule has 0 aliphatic heterocycles. The fraction of sp³-hybridized carbons (Fsp3) is 0.600. The van der Waals surface area contributed by atoms with Crippen LogP contribution in [-0.2, 0) is 9.59 Å². The van der Waals surface area contributed by atoms with Crippen LogP contribution in [-0.4, -0.2) is 35.8 Å². The molecular formula is C10H18N2O2. The van der Waals surface area contributed by atoms with Crippen LogP contribution in [0.1, 0.15) is 20.8 Å². The Morgan fingerprint density at radius 2 is 1.93 bits per heavy atom. The summed E-state index contributed by atoms with van der Waals surface area (Å²) in [5.41, 5.74) is 0. The maximum atomic E-state index is 11.6. The number of nitrogens with one attached hydrogen (secondary N) is 1. The maximum Gasteiger partial charge on any atom is 0.244 e. The van der Waals surface area contributed by atoms with Gasteiger partial charge in [-0.05, 0) is 26.8 Å². The first-order chi connectivity index (χ1) is 6.56. The SMILES string of the molecule is C=CC(=O)NC(C)C(=O)N(CC)CC. The van der Waals surface area contributed by atoms with Crippen LogP contribution in [0.3, 0.4) is 0 Å². The molecule has 1 unspecified atom stereocenters. The van der Waals surface area contributed by atoms with E-state index in [2.05, 4.69) is 11.9 Å². The fourth-order valence-electron chi connectivity index (χ4n) is 1.14. The standard InChI is InChI=1S/C10H18N2O2/c1-5-9(13)11-8(4)10(14)12(6-2)7-3/h5,8H,1,6-7H2,2-4H3,(H,11,13). The predicted octanol–water partition coefficient (Wildman–Crippen LogP) is 0.545. The molecule has 0 aromatic heterocycles. The molecule has 80 valence electrons. The monoisotopic (exact) mass is 198 g/mol. The summed E-state index contributed by atoms with van der Waals surface area (Å²) in [6.07, 6.45) is 1.16. The minimum Gasteiger partial charge on any atom is -0.341 e. The van der Waals surface area contributed by atoms with Gasteiger partial charge in [0, 0.05) is 13.1 Å². The summed E-state index contributed by atoms with van der Waals surface area (Å²) in [6.45, 7) is 10.1. The van der Waals surface area contributed by atoms with Gasteiger partial charge in [-0.3, -0.25) is 9.59 Å². The van der Waals surface area contributed by atoms with Crippen LogP contribution in [0.5, 0.6) is 0 Å². The smallest absolute Gasteiger partial charge is 0.244 e. The quantitative estimate of drug-likeness (QED) is 0.656. The van der Waals surface area contributed by atoms with E-state index in [4.69, 9.17) is 0 Å². The van der Waals surface area contributed by atoms with Crippen molar-refractivity contribution >= 4 is 11.8 Å². The highest BCUT2D eigenvalue weighted by molar-refractivity contribution is 5.92. The second-order valence-electron chi connectivity index (χ2n) is 2.94. The van der Waals surface area contributed by atoms with Crippen LogP contribution in [0.25, 0.3) is 0 Å². The van der Waals surface area contributed by atoms with Crippen molar-refractivity contribution in [3.8, 4) is 0 Å². The van der Waals surface area contributed by atoms with Crippen LogP contribution >= 0.6 is 0 Å². The van der Waals surface area contributed by atoms with Crippen molar-refractivity contribution in [1.82, 2.24) is 10.2 Å². The lowest BCUT2D eigenvalue weighted by atomic mass is 10.2. The highest BCUT2D eigenvalue weighted by Gasteiger charge is 2.18. The Labute approximate surface area is 85.0 Å². The molecule has 0 radical (unpaired) electrons. The van der Waals surface area contributed by atoms with E-state index < -0.39 is 6.04 Å². The summed E-state index contributed by atoms with van der Waals surface area (Å²) < 4.78 is 0. The van der Waals surface area contributed by atoms with Gasteiger partial charge in [-0.15, -0.1) is 0 Å². The third-order valence-electron chi connectivity index (χ3n) is 1.99. The van der Waals surface area contributed by atoms with Crippen molar-refractivity contribution in [2.24, 2.45) is 0 Å². The Bertz CT molecular complexity index is 222. The van der Waals surface area contributed by atoms with Crippen LogP contribution in [0.15, 0.2) is 12.7 Å². The molecule has 0 heterocycles. The minimum absolute atomic E-state index is 0.0646. The average Bonchev–Trinajstić information content (AvgIpc) is 2.19. The van der Waals surface area contributed by atoms with Gasteiger partial charge in [0.25, 0.3) is 0 Å². The molecule has 0 fully saturated rings. The number of nitrogens with zero attached hydrogens (tertiary/aromatic N) is 1. The highest BCUT2D eigenvalue weighted by atomic mass is 16.2. The molecule has 0 aromatic carbocycles. The largest absolute Gasteiger partial charge is 0.341 e. The summed E-state index contributed by atoms with van der Waals surface area (Å²) in [5.74, 6) is -0.386. The van der Waals surface area contributed by atoms with Crippen molar-refractivity contribution in [3.63, 3.8) is 0 Å². The summed E-state index contributed by atoms with van der Waals surface area (Å²) in [4.78, 5) is 24.2. The van der Waals surface area contributed by atoms with Gasteiger partial charge in [-0.25, -0.2) is 0 Å². The maximum absolute atomic E-state index is 11.6. The van der Waals surface area contributed by atoms with Gasteiger partial charge >= 0.3 is 0 Å². The Balaban J connectivity index is 4.23. The molecule has 0 aliphatic carbocycles. The topological polar surface area (TPSA) is 49.4 Å². The molecule has 0 rings (SSSR count). The fourth-order valence-corrected chi connectivity index (χ4v) is 1.14. The molecule has 0 bridgehead atoms. The molecule has 4 heteroatoms. The van der Waals surface area contributed by atoms with Crippen LogP contribution in [0.4, 0.5) is 0 Å². The third-order valence-corrected chi connectivity index (χ3v) is 1.99.